The molecule has 166 valence electrons. The van der Waals surface area contributed by atoms with Crippen molar-refractivity contribution in [3.05, 3.63) is 66.2 Å². The Hall–Kier alpha value is -3.45. The van der Waals surface area contributed by atoms with E-state index in [0.29, 0.717) is 5.69 Å². The summed E-state index contributed by atoms with van der Waals surface area (Å²) in [4.78, 5) is 40.6. The first kappa shape index (κ1) is 21.8. The molecule has 2 aliphatic heterocycles. The number of carboxylic acids is 1. The normalized spacial score (nSPS) is 27.4. The van der Waals surface area contributed by atoms with E-state index < -0.39 is 41.2 Å². The van der Waals surface area contributed by atoms with Crippen LogP contribution in [0.15, 0.2) is 60.7 Å². The van der Waals surface area contributed by atoms with Gasteiger partial charge in [-0.3, -0.25) is 19.7 Å². The van der Waals surface area contributed by atoms with Crippen molar-refractivity contribution in [1.29, 1.82) is 0 Å². The molecule has 0 radical (unpaired) electrons. The standard InChI is InChI=1S/C25H26N2O5/c1-15(2)25(24(30)31)21-20(22(28)27(23(21)29)17-7-5-4-6-8-17)19(26-25)14-11-16-9-12-18(32-3)13-10-16/h4-15,19-21,26H,1-3H3,(H,30,31)/b14-11-. The highest BCUT2D eigenvalue weighted by atomic mass is 16.5. The molecular formula is C25H26N2O5. The Kier molecular flexibility index (Phi) is 5.60. The Morgan fingerprint density at radius 3 is 2.31 bits per heavy atom. The van der Waals surface area contributed by atoms with Crippen molar-refractivity contribution in [3.8, 4) is 5.75 Å². The van der Waals surface area contributed by atoms with Gasteiger partial charge >= 0.3 is 5.97 Å². The molecule has 4 unspecified atom stereocenters. The fraction of sp³-hybridized carbons (Fsp3) is 0.320. The molecule has 0 saturated carbocycles. The van der Waals surface area contributed by atoms with Crippen LogP contribution in [0.25, 0.3) is 6.08 Å². The van der Waals surface area contributed by atoms with Gasteiger partial charge in [-0.05, 0) is 35.7 Å². The van der Waals surface area contributed by atoms with E-state index in [1.54, 1.807) is 57.4 Å². The minimum absolute atomic E-state index is 0.383. The first-order valence-electron chi connectivity index (χ1n) is 10.6. The number of imide groups is 1. The Balaban J connectivity index is 1.75. The summed E-state index contributed by atoms with van der Waals surface area (Å²) in [6, 6.07) is 15.4. The number of anilines is 1. The van der Waals surface area contributed by atoms with Crippen molar-refractivity contribution in [3.63, 3.8) is 0 Å². The SMILES string of the molecule is COc1ccc(/C=C\C2NC(C(=O)O)(C(C)C)C3C(=O)N(c4ccccc4)C(=O)C23)cc1. The van der Waals surface area contributed by atoms with E-state index in [4.69, 9.17) is 4.74 Å². The summed E-state index contributed by atoms with van der Waals surface area (Å²) in [6.07, 6.45) is 3.61. The molecule has 2 fully saturated rings. The zero-order chi connectivity index (χ0) is 23.0. The average molecular weight is 434 g/mol. The van der Waals surface area contributed by atoms with Crippen LogP contribution < -0.4 is 15.0 Å². The third kappa shape index (κ3) is 3.29. The van der Waals surface area contributed by atoms with Crippen molar-refractivity contribution in [2.45, 2.75) is 25.4 Å². The van der Waals surface area contributed by atoms with E-state index in [9.17, 15) is 19.5 Å². The van der Waals surface area contributed by atoms with E-state index in [0.717, 1.165) is 16.2 Å². The minimum atomic E-state index is -1.55. The molecule has 2 amide bonds. The van der Waals surface area contributed by atoms with Gasteiger partial charge in [0.1, 0.15) is 11.3 Å². The number of nitrogens with one attached hydrogen (secondary N) is 1. The number of fused-ring (bicyclic) bond motifs is 1. The minimum Gasteiger partial charge on any atom is -0.497 e. The molecule has 2 aromatic carbocycles. The maximum atomic E-state index is 13.5. The van der Waals surface area contributed by atoms with Crippen LogP contribution in [0, 0.1) is 17.8 Å². The first-order chi connectivity index (χ1) is 15.3. The van der Waals surface area contributed by atoms with E-state index >= 15 is 0 Å². The van der Waals surface area contributed by atoms with E-state index in [-0.39, 0.29) is 5.91 Å². The molecule has 0 spiro atoms. The van der Waals surface area contributed by atoms with Crippen LogP contribution in [0.2, 0.25) is 0 Å². The molecule has 4 rings (SSSR count). The van der Waals surface area contributed by atoms with Gasteiger partial charge in [-0.2, -0.15) is 0 Å². The van der Waals surface area contributed by atoms with Crippen LogP contribution in [0.1, 0.15) is 19.4 Å². The monoisotopic (exact) mass is 434 g/mol. The Bertz CT molecular complexity index is 1060. The first-order valence-corrected chi connectivity index (χ1v) is 10.6. The number of hydrogen-bond donors (Lipinski definition) is 2. The summed E-state index contributed by atoms with van der Waals surface area (Å²) >= 11 is 0. The van der Waals surface area contributed by atoms with Crippen molar-refractivity contribution in [1.82, 2.24) is 5.32 Å². The fourth-order valence-corrected chi connectivity index (χ4v) is 4.88. The third-order valence-electron chi connectivity index (χ3n) is 6.52. The highest BCUT2D eigenvalue weighted by molar-refractivity contribution is 6.24. The quantitative estimate of drug-likeness (QED) is 0.679. The lowest BCUT2D eigenvalue weighted by Gasteiger charge is -2.34. The molecule has 2 heterocycles. The number of methoxy groups -OCH3 is 1. The van der Waals surface area contributed by atoms with E-state index in [1.807, 2.05) is 30.3 Å². The second-order valence-electron chi connectivity index (χ2n) is 8.48. The van der Waals surface area contributed by atoms with Gasteiger partial charge in [0.25, 0.3) is 0 Å². The lowest BCUT2D eigenvalue weighted by molar-refractivity contribution is -0.151. The molecule has 4 atom stereocenters. The molecule has 0 aliphatic carbocycles. The number of ether oxygens (including phenoxy) is 1. The fourth-order valence-electron chi connectivity index (χ4n) is 4.88. The van der Waals surface area contributed by atoms with Gasteiger partial charge in [-0.25, -0.2) is 4.90 Å². The van der Waals surface area contributed by atoms with Crippen LogP contribution in [0.4, 0.5) is 5.69 Å². The number of carboxylic acid groups (broad SMARTS) is 1. The molecule has 2 saturated heterocycles. The number of carbonyl (C=O) groups excluding carboxylic acids is 2. The number of nitrogens with zero attached hydrogens (tertiary/aromatic N) is 1. The number of para-hydroxylation sites is 1. The van der Waals surface area contributed by atoms with Gasteiger partial charge in [0, 0.05) is 6.04 Å². The molecular weight excluding hydrogens is 408 g/mol. The predicted molar refractivity (Wildman–Crippen MR) is 120 cm³/mol. The topological polar surface area (TPSA) is 95.9 Å². The average Bonchev–Trinajstić information content (AvgIpc) is 3.27. The lowest BCUT2D eigenvalue weighted by Crippen LogP contribution is -2.60. The molecule has 7 heteroatoms. The maximum Gasteiger partial charge on any atom is 0.325 e. The van der Waals surface area contributed by atoms with Crippen molar-refractivity contribution >= 4 is 29.5 Å². The second kappa shape index (κ2) is 8.24. The van der Waals surface area contributed by atoms with Gasteiger partial charge in [0.2, 0.25) is 11.8 Å². The summed E-state index contributed by atoms with van der Waals surface area (Å²) in [7, 11) is 1.59. The van der Waals surface area contributed by atoms with Gasteiger partial charge < -0.3 is 9.84 Å². The molecule has 0 bridgehead atoms. The zero-order valence-electron chi connectivity index (χ0n) is 18.2. The van der Waals surface area contributed by atoms with Crippen LogP contribution in [0.5, 0.6) is 5.75 Å². The maximum absolute atomic E-state index is 13.5. The summed E-state index contributed by atoms with van der Waals surface area (Å²) in [6.45, 7) is 3.52. The summed E-state index contributed by atoms with van der Waals surface area (Å²) in [5.74, 6) is -3.49. The van der Waals surface area contributed by atoms with Crippen LogP contribution in [-0.2, 0) is 14.4 Å². The third-order valence-corrected chi connectivity index (χ3v) is 6.52. The van der Waals surface area contributed by atoms with Gasteiger partial charge in [-0.15, -0.1) is 0 Å². The number of carbonyl (C=O) groups is 3. The van der Waals surface area contributed by atoms with Gasteiger partial charge in [-0.1, -0.05) is 56.3 Å². The lowest BCUT2D eigenvalue weighted by atomic mass is 9.73. The Labute approximate surface area is 186 Å². The van der Waals surface area contributed by atoms with Crippen LogP contribution in [-0.4, -0.2) is 41.6 Å². The smallest absolute Gasteiger partial charge is 0.325 e. The molecule has 2 N–H and O–H groups in total. The highest BCUT2D eigenvalue weighted by Gasteiger charge is 2.69. The number of benzene rings is 2. The number of hydrogen-bond acceptors (Lipinski definition) is 5. The van der Waals surface area contributed by atoms with Gasteiger partial charge in [0.15, 0.2) is 0 Å². The summed E-state index contributed by atoms with van der Waals surface area (Å²) in [5.41, 5.74) is -0.216. The summed E-state index contributed by atoms with van der Waals surface area (Å²) in [5, 5.41) is 13.4. The number of aliphatic carboxylic acids is 1. The second-order valence-corrected chi connectivity index (χ2v) is 8.48. The number of rotatable bonds is 6. The van der Waals surface area contributed by atoms with Crippen LogP contribution >= 0.6 is 0 Å². The summed E-state index contributed by atoms with van der Waals surface area (Å²) < 4.78 is 5.17. The molecule has 2 aromatic rings. The highest BCUT2D eigenvalue weighted by Crippen LogP contribution is 2.47. The Morgan fingerprint density at radius 2 is 1.75 bits per heavy atom. The van der Waals surface area contributed by atoms with E-state index in [1.165, 1.54) is 0 Å². The van der Waals surface area contributed by atoms with Gasteiger partial charge in [0.05, 0.1) is 24.6 Å². The number of amides is 2. The van der Waals surface area contributed by atoms with E-state index in [2.05, 4.69) is 5.32 Å². The molecule has 7 nitrogen and oxygen atoms in total. The van der Waals surface area contributed by atoms with Crippen molar-refractivity contribution < 1.29 is 24.2 Å². The van der Waals surface area contributed by atoms with Crippen molar-refractivity contribution in [2.24, 2.45) is 17.8 Å². The van der Waals surface area contributed by atoms with Crippen LogP contribution in [0.3, 0.4) is 0 Å². The molecule has 2 aliphatic rings. The molecule has 32 heavy (non-hydrogen) atoms. The Morgan fingerprint density at radius 1 is 1.09 bits per heavy atom. The zero-order valence-corrected chi connectivity index (χ0v) is 18.2. The van der Waals surface area contributed by atoms with Crippen molar-refractivity contribution in [2.75, 3.05) is 12.0 Å². The largest absolute Gasteiger partial charge is 0.497 e. The predicted octanol–water partition coefficient (Wildman–Crippen LogP) is 2.97. The molecule has 0 aromatic heterocycles.